The van der Waals surface area contributed by atoms with Gasteiger partial charge in [-0.25, -0.2) is 0 Å². The molecule has 4 heteroatoms. The number of para-hydroxylation sites is 1. The molecule has 2 aromatic carbocycles. The molecule has 3 aromatic rings. The summed E-state index contributed by atoms with van der Waals surface area (Å²) >= 11 is 8.48. The number of pyridine rings is 1. The molecule has 0 atom stereocenters. The Morgan fingerprint density at radius 2 is 1.95 bits per heavy atom. The van der Waals surface area contributed by atoms with Crippen LogP contribution in [-0.2, 0) is 6.54 Å². The molecule has 3 rings (SSSR count). The maximum absolute atomic E-state index is 6.23. The Bertz CT molecular complexity index is 753. The van der Waals surface area contributed by atoms with Gasteiger partial charge in [-0.2, -0.15) is 0 Å². The molecular weight excluding hydrogens is 383 g/mol. The Labute approximate surface area is 136 Å². The molecule has 0 saturated carbocycles. The van der Waals surface area contributed by atoms with Crippen molar-refractivity contribution in [2.24, 2.45) is 0 Å². The first-order valence-electron chi connectivity index (χ1n) is 6.25. The van der Waals surface area contributed by atoms with Crippen LogP contribution < -0.4 is 5.32 Å². The summed E-state index contributed by atoms with van der Waals surface area (Å²) < 4.78 is 1.13. The van der Waals surface area contributed by atoms with Gasteiger partial charge in [-0.05, 0) is 52.4 Å². The van der Waals surface area contributed by atoms with Crippen molar-refractivity contribution in [1.82, 2.24) is 4.98 Å². The molecule has 1 N–H and O–H groups in total. The Balaban J connectivity index is 1.87. The Hall–Kier alpha value is -1.33. The molecule has 20 heavy (non-hydrogen) atoms. The highest BCUT2D eigenvalue weighted by Gasteiger charge is 2.04. The lowest BCUT2D eigenvalue weighted by atomic mass is 10.1. The fourth-order valence-corrected chi connectivity index (χ4v) is 3.06. The van der Waals surface area contributed by atoms with E-state index in [9.17, 15) is 0 Å². The number of halogens is 2. The predicted molar refractivity (Wildman–Crippen MR) is 93.2 cm³/mol. The average molecular weight is 395 g/mol. The second kappa shape index (κ2) is 5.97. The van der Waals surface area contributed by atoms with Crippen LogP contribution in [0.5, 0.6) is 0 Å². The number of nitrogens with one attached hydrogen (secondary N) is 1. The third-order valence-corrected chi connectivity index (χ3v) is 4.10. The van der Waals surface area contributed by atoms with Gasteiger partial charge in [0.25, 0.3) is 0 Å². The summed E-state index contributed by atoms with van der Waals surface area (Å²) in [5, 5.41) is 5.27. The molecule has 0 fully saturated rings. The molecule has 1 heterocycles. The van der Waals surface area contributed by atoms with E-state index < -0.39 is 0 Å². The summed E-state index contributed by atoms with van der Waals surface area (Å²) in [4.78, 5) is 4.46. The minimum absolute atomic E-state index is 0.703. The Kier molecular flexibility index (Phi) is 4.08. The van der Waals surface area contributed by atoms with Crippen LogP contribution in [0.4, 0.5) is 5.69 Å². The number of nitrogens with zero attached hydrogens (tertiary/aromatic N) is 1. The second-order valence-electron chi connectivity index (χ2n) is 4.47. The van der Waals surface area contributed by atoms with Gasteiger partial charge in [-0.1, -0.05) is 35.9 Å². The molecule has 0 aliphatic carbocycles. The van der Waals surface area contributed by atoms with E-state index in [4.69, 9.17) is 11.6 Å². The molecule has 0 radical (unpaired) electrons. The Morgan fingerprint density at radius 1 is 1.10 bits per heavy atom. The van der Waals surface area contributed by atoms with Crippen molar-refractivity contribution in [2.75, 3.05) is 5.32 Å². The first kappa shape index (κ1) is 13.6. The van der Waals surface area contributed by atoms with Gasteiger partial charge in [0.2, 0.25) is 0 Å². The number of aromatic nitrogens is 1. The van der Waals surface area contributed by atoms with Crippen LogP contribution in [0.3, 0.4) is 0 Å². The lowest BCUT2D eigenvalue weighted by Crippen LogP contribution is -2.01. The maximum atomic E-state index is 6.23. The van der Waals surface area contributed by atoms with Crippen LogP contribution in [0, 0.1) is 3.57 Å². The van der Waals surface area contributed by atoms with Crippen LogP contribution in [0.15, 0.2) is 54.7 Å². The van der Waals surface area contributed by atoms with Crippen molar-refractivity contribution in [3.8, 4) is 0 Å². The largest absolute Gasteiger partial charge is 0.380 e. The minimum atomic E-state index is 0.703. The first-order valence-corrected chi connectivity index (χ1v) is 7.71. The molecule has 0 aliphatic rings. The third kappa shape index (κ3) is 2.88. The number of fused-ring (bicyclic) bond motifs is 1. The van der Waals surface area contributed by atoms with E-state index in [-0.39, 0.29) is 0 Å². The first-order chi connectivity index (χ1) is 9.74. The minimum Gasteiger partial charge on any atom is -0.380 e. The Morgan fingerprint density at radius 3 is 2.80 bits per heavy atom. The van der Waals surface area contributed by atoms with Gasteiger partial charge in [0.1, 0.15) is 0 Å². The number of hydrogen-bond donors (Lipinski definition) is 1. The van der Waals surface area contributed by atoms with Crippen molar-refractivity contribution in [3.05, 3.63) is 68.9 Å². The van der Waals surface area contributed by atoms with Gasteiger partial charge in [0, 0.05) is 21.7 Å². The zero-order valence-corrected chi connectivity index (χ0v) is 13.5. The summed E-state index contributed by atoms with van der Waals surface area (Å²) in [6.07, 6.45) is 1.82. The highest BCUT2D eigenvalue weighted by molar-refractivity contribution is 14.1. The van der Waals surface area contributed by atoms with E-state index in [2.05, 4.69) is 57.2 Å². The van der Waals surface area contributed by atoms with E-state index in [0.717, 1.165) is 30.7 Å². The standard InChI is InChI=1S/C16H12ClIN2/c17-14-9-13(18)6-7-15(14)20-10-12-4-1-3-11-5-2-8-19-16(11)12/h1-9,20H,10H2. The van der Waals surface area contributed by atoms with Gasteiger partial charge >= 0.3 is 0 Å². The highest BCUT2D eigenvalue weighted by Crippen LogP contribution is 2.25. The normalized spacial score (nSPS) is 10.7. The van der Waals surface area contributed by atoms with Crippen molar-refractivity contribution < 1.29 is 0 Å². The molecule has 0 aliphatic heterocycles. The third-order valence-electron chi connectivity index (χ3n) is 3.12. The van der Waals surface area contributed by atoms with E-state index in [1.54, 1.807) is 0 Å². The van der Waals surface area contributed by atoms with Crippen molar-refractivity contribution in [1.29, 1.82) is 0 Å². The lowest BCUT2D eigenvalue weighted by molar-refractivity contribution is 1.15. The van der Waals surface area contributed by atoms with Crippen molar-refractivity contribution in [2.45, 2.75) is 6.54 Å². The molecule has 0 saturated heterocycles. The molecule has 0 unspecified atom stereocenters. The number of benzene rings is 2. The summed E-state index contributed by atoms with van der Waals surface area (Å²) in [7, 11) is 0. The quantitative estimate of drug-likeness (QED) is 0.625. The summed E-state index contributed by atoms with van der Waals surface area (Å²) in [5.41, 5.74) is 3.14. The van der Waals surface area contributed by atoms with E-state index in [1.807, 2.05) is 30.5 Å². The fraction of sp³-hybridized carbons (Fsp3) is 0.0625. The zero-order chi connectivity index (χ0) is 13.9. The lowest BCUT2D eigenvalue weighted by Gasteiger charge is -2.10. The van der Waals surface area contributed by atoms with Gasteiger partial charge in [0.15, 0.2) is 0 Å². The number of anilines is 1. The van der Waals surface area contributed by atoms with Gasteiger partial charge in [-0.15, -0.1) is 0 Å². The smallest absolute Gasteiger partial charge is 0.0751 e. The topological polar surface area (TPSA) is 24.9 Å². The van der Waals surface area contributed by atoms with E-state index >= 15 is 0 Å². The summed E-state index contributed by atoms with van der Waals surface area (Å²) in [6.45, 7) is 0.703. The van der Waals surface area contributed by atoms with Crippen molar-refractivity contribution >= 4 is 50.8 Å². The molecular formula is C16H12ClIN2. The second-order valence-corrected chi connectivity index (χ2v) is 6.12. The molecule has 0 amide bonds. The number of rotatable bonds is 3. The molecule has 2 nitrogen and oxygen atoms in total. The summed E-state index contributed by atoms with van der Waals surface area (Å²) in [5.74, 6) is 0. The van der Waals surface area contributed by atoms with E-state index in [0.29, 0.717) is 6.54 Å². The average Bonchev–Trinajstić information content (AvgIpc) is 2.46. The van der Waals surface area contributed by atoms with E-state index in [1.165, 1.54) is 0 Å². The highest BCUT2D eigenvalue weighted by atomic mass is 127. The molecule has 100 valence electrons. The van der Waals surface area contributed by atoms with Gasteiger partial charge in [0.05, 0.1) is 16.2 Å². The zero-order valence-electron chi connectivity index (χ0n) is 10.6. The molecule has 1 aromatic heterocycles. The fourth-order valence-electron chi connectivity index (χ4n) is 2.13. The van der Waals surface area contributed by atoms with Crippen LogP contribution in [0.2, 0.25) is 5.02 Å². The summed E-state index contributed by atoms with van der Waals surface area (Å²) in [6, 6.07) is 16.2. The molecule has 0 bridgehead atoms. The molecule has 0 spiro atoms. The van der Waals surface area contributed by atoms with Crippen LogP contribution in [0.1, 0.15) is 5.56 Å². The monoisotopic (exact) mass is 394 g/mol. The van der Waals surface area contributed by atoms with Crippen molar-refractivity contribution in [3.63, 3.8) is 0 Å². The van der Waals surface area contributed by atoms with Gasteiger partial charge < -0.3 is 5.32 Å². The van der Waals surface area contributed by atoms with Crippen LogP contribution >= 0.6 is 34.2 Å². The van der Waals surface area contributed by atoms with Crippen LogP contribution in [-0.4, -0.2) is 4.98 Å². The maximum Gasteiger partial charge on any atom is 0.0751 e. The van der Waals surface area contributed by atoms with Crippen LogP contribution in [0.25, 0.3) is 10.9 Å². The SMILES string of the molecule is Clc1cc(I)ccc1NCc1cccc2cccnc12. The number of hydrogen-bond acceptors (Lipinski definition) is 2. The predicted octanol–water partition coefficient (Wildman–Crippen LogP) is 5.10. The van der Waals surface area contributed by atoms with Gasteiger partial charge in [-0.3, -0.25) is 4.98 Å².